The second-order valence-electron chi connectivity index (χ2n) is 3.34. The predicted octanol–water partition coefficient (Wildman–Crippen LogP) is -0.206. The minimum atomic E-state index is 0.606. The second-order valence-corrected chi connectivity index (χ2v) is 3.34. The highest BCUT2D eigenvalue weighted by Crippen LogP contribution is 2.12. The topological polar surface area (TPSA) is 15.7 Å². The average molecular weight is 155 g/mol. The van der Waals surface area contributed by atoms with Gasteiger partial charge < -0.3 is 4.74 Å². The summed E-state index contributed by atoms with van der Waals surface area (Å²) in [6.45, 7) is 6.26. The van der Waals surface area contributed by atoms with Gasteiger partial charge in [-0.25, -0.2) is 0 Å². The number of nitrogens with zero attached hydrogens (tertiary/aromatic N) is 2. The van der Waals surface area contributed by atoms with Crippen LogP contribution in [0.15, 0.2) is 0 Å². The predicted molar refractivity (Wildman–Crippen MR) is 43.1 cm³/mol. The lowest BCUT2D eigenvalue weighted by Crippen LogP contribution is -2.56. The Hall–Kier alpha value is -0.120. The molecule has 2 fully saturated rings. The standard InChI is InChI=1S/C8H15N2O/c1-9-2-3-10-4-5-11-7-8(10)6-9/h8H,1-7H2. The lowest BCUT2D eigenvalue weighted by Gasteiger charge is -2.42. The van der Waals surface area contributed by atoms with Crippen LogP contribution in [-0.2, 0) is 4.74 Å². The van der Waals surface area contributed by atoms with E-state index in [9.17, 15) is 0 Å². The van der Waals surface area contributed by atoms with Gasteiger partial charge in [-0.15, -0.1) is 0 Å². The number of fused-ring (bicyclic) bond motifs is 1. The minimum absolute atomic E-state index is 0.606. The van der Waals surface area contributed by atoms with Crippen LogP contribution in [0.5, 0.6) is 0 Å². The van der Waals surface area contributed by atoms with Crippen molar-refractivity contribution in [1.29, 1.82) is 0 Å². The molecule has 0 aromatic carbocycles. The second kappa shape index (κ2) is 3.09. The van der Waals surface area contributed by atoms with Crippen LogP contribution in [0.1, 0.15) is 0 Å². The molecular formula is C8H15N2O. The van der Waals surface area contributed by atoms with E-state index >= 15 is 0 Å². The van der Waals surface area contributed by atoms with Gasteiger partial charge in [0.15, 0.2) is 0 Å². The number of morpholine rings is 1. The van der Waals surface area contributed by atoms with E-state index in [0.29, 0.717) is 6.04 Å². The summed E-state index contributed by atoms with van der Waals surface area (Å²) in [6.07, 6.45) is 0. The molecule has 1 radical (unpaired) electrons. The summed E-state index contributed by atoms with van der Waals surface area (Å²) in [5.41, 5.74) is 0. The van der Waals surface area contributed by atoms with Crippen LogP contribution in [0.2, 0.25) is 0 Å². The molecule has 0 amide bonds. The van der Waals surface area contributed by atoms with Crippen molar-refractivity contribution in [3.8, 4) is 0 Å². The third-order valence-electron chi connectivity index (χ3n) is 2.52. The Balaban J connectivity index is 1.93. The van der Waals surface area contributed by atoms with Crippen molar-refractivity contribution >= 4 is 0 Å². The summed E-state index contributed by atoms with van der Waals surface area (Å²) in [5, 5.41) is 0. The molecule has 0 bridgehead atoms. The molecule has 2 aliphatic rings. The minimum Gasteiger partial charge on any atom is -0.378 e. The largest absolute Gasteiger partial charge is 0.378 e. The van der Waals surface area contributed by atoms with Gasteiger partial charge in [-0.2, -0.15) is 0 Å². The van der Waals surface area contributed by atoms with E-state index in [1.165, 1.54) is 0 Å². The van der Waals surface area contributed by atoms with Crippen molar-refractivity contribution in [2.75, 3.05) is 39.4 Å². The number of hydrogen-bond acceptors (Lipinski definition) is 3. The average Bonchev–Trinajstić information content (AvgIpc) is 2.04. The van der Waals surface area contributed by atoms with Gasteiger partial charge in [-0.3, -0.25) is 9.80 Å². The molecule has 3 nitrogen and oxygen atoms in total. The van der Waals surface area contributed by atoms with Gasteiger partial charge in [-0.1, -0.05) is 0 Å². The summed E-state index contributed by atoms with van der Waals surface area (Å²) < 4.78 is 5.39. The molecule has 3 heteroatoms. The zero-order valence-corrected chi connectivity index (χ0v) is 6.83. The van der Waals surface area contributed by atoms with E-state index in [1.54, 1.807) is 0 Å². The van der Waals surface area contributed by atoms with Crippen LogP contribution in [-0.4, -0.2) is 55.2 Å². The maximum Gasteiger partial charge on any atom is 0.0634 e. The molecule has 0 aromatic rings. The lowest BCUT2D eigenvalue weighted by molar-refractivity contribution is -0.0366. The fraction of sp³-hybridized carbons (Fsp3) is 0.875. The third-order valence-corrected chi connectivity index (χ3v) is 2.52. The van der Waals surface area contributed by atoms with Crippen molar-refractivity contribution in [3.05, 3.63) is 7.05 Å². The molecule has 1 atom stereocenters. The first kappa shape index (κ1) is 7.53. The first-order valence-corrected chi connectivity index (χ1v) is 4.23. The van der Waals surface area contributed by atoms with E-state index in [1.807, 2.05) is 0 Å². The first-order valence-electron chi connectivity index (χ1n) is 4.23. The van der Waals surface area contributed by atoms with Crippen molar-refractivity contribution in [2.45, 2.75) is 6.04 Å². The molecule has 63 valence electrons. The van der Waals surface area contributed by atoms with Gasteiger partial charge >= 0.3 is 0 Å². The van der Waals surface area contributed by atoms with Crippen LogP contribution < -0.4 is 0 Å². The van der Waals surface area contributed by atoms with E-state index in [-0.39, 0.29) is 0 Å². The molecular weight excluding hydrogens is 140 g/mol. The van der Waals surface area contributed by atoms with Crippen molar-refractivity contribution in [1.82, 2.24) is 9.80 Å². The van der Waals surface area contributed by atoms with E-state index in [0.717, 1.165) is 39.4 Å². The molecule has 0 spiro atoms. The van der Waals surface area contributed by atoms with Crippen LogP contribution in [0.25, 0.3) is 0 Å². The maximum absolute atomic E-state index is 5.39. The Labute approximate surface area is 67.9 Å². The van der Waals surface area contributed by atoms with Crippen molar-refractivity contribution in [2.24, 2.45) is 0 Å². The maximum atomic E-state index is 5.39. The molecule has 2 rings (SSSR count). The van der Waals surface area contributed by atoms with Crippen LogP contribution in [0, 0.1) is 7.05 Å². The molecule has 0 aromatic heterocycles. The summed E-state index contributed by atoms with van der Waals surface area (Å²) in [6, 6.07) is 0.606. The molecule has 0 aliphatic carbocycles. The van der Waals surface area contributed by atoms with Crippen LogP contribution in [0.3, 0.4) is 0 Å². The van der Waals surface area contributed by atoms with Gasteiger partial charge in [0.2, 0.25) is 0 Å². The van der Waals surface area contributed by atoms with Gasteiger partial charge in [-0.05, 0) is 0 Å². The molecule has 0 saturated carbocycles. The lowest BCUT2D eigenvalue weighted by atomic mass is 10.1. The Morgan fingerprint density at radius 2 is 2.18 bits per heavy atom. The highest BCUT2D eigenvalue weighted by Gasteiger charge is 2.27. The Bertz CT molecular complexity index is 140. The van der Waals surface area contributed by atoms with Gasteiger partial charge in [0, 0.05) is 39.3 Å². The molecule has 0 N–H and O–H groups in total. The molecule has 2 saturated heterocycles. The molecule has 1 unspecified atom stereocenters. The summed E-state index contributed by atoms with van der Waals surface area (Å²) in [4.78, 5) is 4.64. The highest BCUT2D eigenvalue weighted by molar-refractivity contribution is 4.83. The SMILES string of the molecule is [CH2]N1CCN2CCOCC2C1. The van der Waals surface area contributed by atoms with Gasteiger partial charge in [0.05, 0.1) is 13.2 Å². The fourth-order valence-corrected chi connectivity index (χ4v) is 1.81. The number of hydrogen-bond donors (Lipinski definition) is 0. The monoisotopic (exact) mass is 155 g/mol. The Kier molecular flexibility index (Phi) is 2.11. The highest BCUT2D eigenvalue weighted by atomic mass is 16.5. The molecule has 2 aliphatic heterocycles. The Morgan fingerprint density at radius 1 is 1.27 bits per heavy atom. The molecule has 2 heterocycles. The number of ether oxygens (including phenoxy) is 1. The summed E-state index contributed by atoms with van der Waals surface area (Å²) in [7, 11) is 3.94. The van der Waals surface area contributed by atoms with Crippen molar-refractivity contribution < 1.29 is 4.74 Å². The van der Waals surface area contributed by atoms with E-state index in [2.05, 4.69) is 16.8 Å². The van der Waals surface area contributed by atoms with E-state index < -0.39 is 0 Å². The quantitative estimate of drug-likeness (QED) is 0.481. The number of rotatable bonds is 0. The molecule has 11 heavy (non-hydrogen) atoms. The zero-order chi connectivity index (χ0) is 7.68. The normalized spacial score (nSPS) is 35.2. The van der Waals surface area contributed by atoms with Crippen LogP contribution in [0.4, 0.5) is 0 Å². The van der Waals surface area contributed by atoms with Gasteiger partial charge in [0.1, 0.15) is 0 Å². The van der Waals surface area contributed by atoms with Gasteiger partial charge in [0.25, 0.3) is 0 Å². The fourth-order valence-electron chi connectivity index (χ4n) is 1.81. The van der Waals surface area contributed by atoms with Crippen molar-refractivity contribution in [3.63, 3.8) is 0 Å². The third kappa shape index (κ3) is 1.55. The van der Waals surface area contributed by atoms with E-state index in [4.69, 9.17) is 4.74 Å². The smallest absolute Gasteiger partial charge is 0.0634 e. The summed E-state index contributed by atoms with van der Waals surface area (Å²) in [5.74, 6) is 0. The van der Waals surface area contributed by atoms with Crippen LogP contribution >= 0.6 is 0 Å². The Morgan fingerprint density at radius 3 is 3.09 bits per heavy atom. The number of piperazine rings is 1. The first-order chi connectivity index (χ1) is 5.36. The summed E-state index contributed by atoms with van der Waals surface area (Å²) >= 11 is 0. The zero-order valence-electron chi connectivity index (χ0n) is 6.83.